The minimum atomic E-state index is -0.335. The molecule has 2 amide bonds. The molecule has 1 N–H and O–H groups in total. The second-order valence-electron chi connectivity index (χ2n) is 6.66. The summed E-state index contributed by atoms with van der Waals surface area (Å²) < 4.78 is 5.55. The lowest BCUT2D eigenvalue weighted by molar-refractivity contribution is -0.150. The first-order valence-electron chi connectivity index (χ1n) is 8.50. The number of rotatable bonds is 3. The largest absolute Gasteiger partial charge is 0.393 e. The van der Waals surface area contributed by atoms with Crippen LogP contribution in [0.4, 0.5) is 0 Å². The number of hydrogen-bond acceptors (Lipinski definition) is 4. The van der Waals surface area contributed by atoms with Gasteiger partial charge in [-0.25, -0.2) is 0 Å². The van der Waals surface area contributed by atoms with Crippen LogP contribution < -0.4 is 0 Å². The standard InChI is InChI=1S/C16H26N2O4/c19-14-5-3-4-12(14)13-11-22-9-8-18(13)16(21)10-17-7-2-1-6-15(17)20/h12-14,19H,1-11H2/t12-,13+,14+/m0/s1. The molecule has 0 bridgehead atoms. The summed E-state index contributed by atoms with van der Waals surface area (Å²) in [4.78, 5) is 28.1. The van der Waals surface area contributed by atoms with Crippen molar-refractivity contribution >= 4 is 11.8 Å². The van der Waals surface area contributed by atoms with E-state index in [1.165, 1.54) is 0 Å². The molecule has 2 aliphatic heterocycles. The zero-order valence-electron chi connectivity index (χ0n) is 13.1. The molecule has 1 aliphatic carbocycles. The molecule has 3 rings (SSSR count). The summed E-state index contributed by atoms with van der Waals surface area (Å²) in [6.45, 7) is 2.47. The van der Waals surface area contributed by atoms with Gasteiger partial charge >= 0.3 is 0 Å². The normalized spacial score (nSPS) is 33.3. The van der Waals surface area contributed by atoms with E-state index < -0.39 is 0 Å². The lowest BCUT2D eigenvalue weighted by atomic mass is 9.94. The fraction of sp³-hybridized carbons (Fsp3) is 0.875. The lowest BCUT2D eigenvalue weighted by Crippen LogP contribution is -2.56. The number of likely N-dealkylation sites (tertiary alicyclic amines) is 1. The first kappa shape index (κ1) is 15.7. The maximum Gasteiger partial charge on any atom is 0.242 e. The number of hydrogen-bond donors (Lipinski definition) is 1. The number of morpholine rings is 1. The van der Waals surface area contributed by atoms with Crippen LogP contribution in [0.15, 0.2) is 0 Å². The Morgan fingerprint density at radius 3 is 2.82 bits per heavy atom. The molecule has 0 aromatic rings. The number of carbonyl (C=O) groups excluding carboxylic acids is 2. The van der Waals surface area contributed by atoms with E-state index in [0.717, 1.165) is 32.1 Å². The SMILES string of the molecule is O=C1CCCCN1CC(=O)N1CCOC[C@@H]1[C@@H]1CCC[C@H]1O. The molecule has 0 spiro atoms. The van der Waals surface area contributed by atoms with Crippen LogP contribution >= 0.6 is 0 Å². The maximum atomic E-state index is 12.7. The molecular weight excluding hydrogens is 284 g/mol. The van der Waals surface area contributed by atoms with E-state index in [1.807, 2.05) is 4.90 Å². The highest BCUT2D eigenvalue weighted by Crippen LogP contribution is 2.32. The van der Waals surface area contributed by atoms with E-state index >= 15 is 0 Å². The predicted molar refractivity (Wildman–Crippen MR) is 80.1 cm³/mol. The van der Waals surface area contributed by atoms with Crippen molar-refractivity contribution in [2.75, 3.05) is 32.8 Å². The van der Waals surface area contributed by atoms with Crippen molar-refractivity contribution in [3.63, 3.8) is 0 Å². The number of ether oxygens (including phenoxy) is 1. The Bertz CT molecular complexity index is 428. The van der Waals surface area contributed by atoms with Crippen LogP contribution in [0.1, 0.15) is 38.5 Å². The minimum absolute atomic E-state index is 0.00245. The zero-order valence-corrected chi connectivity index (χ0v) is 13.1. The fourth-order valence-electron chi connectivity index (χ4n) is 3.99. The highest BCUT2D eigenvalue weighted by molar-refractivity contribution is 5.85. The summed E-state index contributed by atoms with van der Waals surface area (Å²) in [5, 5.41) is 10.1. The number of carbonyl (C=O) groups is 2. The Labute approximate surface area is 131 Å². The molecule has 2 saturated heterocycles. The van der Waals surface area contributed by atoms with Gasteiger partial charge in [-0.3, -0.25) is 9.59 Å². The molecule has 0 aromatic carbocycles. The van der Waals surface area contributed by atoms with Gasteiger partial charge in [0.15, 0.2) is 0 Å². The average Bonchev–Trinajstić information content (AvgIpc) is 2.95. The Morgan fingerprint density at radius 2 is 2.09 bits per heavy atom. The first-order valence-corrected chi connectivity index (χ1v) is 8.50. The summed E-state index contributed by atoms with van der Waals surface area (Å²) in [6, 6.07) is -0.0429. The van der Waals surface area contributed by atoms with Gasteiger partial charge in [-0.05, 0) is 25.7 Å². The van der Waals surface area contributed by atoms with Crippen LogP contribution in [0, 0.1) is 5.92 Å². The van der Waals surface area contributed by atoms with Crippen LogP contribution in [0.5, 0.6) is 0 Å². The maximum absolute atomic E-state index is 12.7. The molecule has 3 aliphatic rings. The monoisotopic (exact) mass is 310 g/mol. The van der Waals surface area contributed by atoms with Gasteiger partial charge < -0.3 is 19.6 Å². The number of nitrogens with zero attached hydrogens (tertiary/aromatic N) is 2. The highest BCUT2D eigenvalue weighted by Gasteiger charge is 2.39. The quantitative estimate of drug-likeness (QED) is 0.818. The van der Waals surface area contributed by atoms with Crippen LogP contribution in [-0.4, -0.2) is 71.7 Å². The molecule has 2 heterocycles. The smallest absolute Gasteiger partial charge is 0.242 e. The molecule has 3 fully saturated rings. The minimum Gasteiger partial charge on any atom is -0.393 e. The summed E-state index contributed by atoms with van der Waals surface area (Å²) in [7, 11) is 0. The Morgan fingerprint density at radius 1 is 1.23 bits per heavy atom. The van der Waals surface area contributed by atoms with Crippen LogP contribution in [0.25, 0.3) is 0 Å². The van der Waals surface area contributed by atoms with Crippen molar-refractivity contribution in [2.45, 2.75) is 50.7 Å². The van der Waals surface area contributed by atoms with E-state index in [2.05, 4.69) is 0 Å². The van der Waals surface area contributed by atoms with Gasteiger partial charge in [-0.2, -0.15) is 0 Å². The molecular formula is C16H26N2O4. The van der Waals surface area contributed by atoms with Gasteiger partial charge in [-0.15, -0.1) is 0 Å². The van der Waals surface area contributed by atoms with Crippen molar-refractivity contribution in [3.05, 3.63) is 0 Å². The number of aliphatic hydroxyl groups is 1. The van der Waals surface area contributed by atoms with Crippen molar-refractivity contribution in [1.82, 2.24) is 9.80 Å². The number of amides is 2. The van der Waals surface area contributed by atoms with E-state index in [0.29, 0.717) is 32.7 Å². The third-order valence-corrected chi connectivity index (χ3v) is 5.26. The molecule has 6 heteroatoms. The van der Waals surface area contributed by atoms with Gasteiger partial charge in [-0.1, -0.05) is 6.42 Å². The Kier molecular flexibility index (Phi) is 4.98. The molecule has 22 heavy (non-hydrogen) atoms. The van der Waals surface area contributed by atoms with Gasteiger partial charge in [0.25, 0.3) is 0 Å². The van der Waals surface area contributed by atoms with Crippen LogP contribution in [0.2, 0.25) is 0 Å². The molecule has 0 unspecified atom stereocenters. The topological polar surface area (TPSA) is 70.1 Å². The van der Waals surface area contributed by atoms with Gasteiger partial charge in [0.2, 0.25) is 11.8 Å². The van der Waals surface area contributed by atoms with Gasteiger partial charge in [0, 0.05) is 25.4 Å². The zero-order chi connectivity index (χ0) is 15.5. The Balaban J connectivity index is 1.64. The fourth-order valence-corrected chi connectivity index (χ4v) is 3.99. The van der Waals surface area contributed by atoms with Crippen molar-refractivity contribution in [1.29, 1.82) is 0 Å². The molecule has 6 nitrogen and oxygen atoms in total. The first-order chi connectivity index (χ1) is 10.7. The molecule has 124 valence electrons. The summed E-state index contributed by atoms with van der Waals surface area (Å²) in [5.74, 6) is 0.203. The van der Waals surface area contributed by atoms with Crippen LogP contribution in [0.3, 0.4) is 0 Å². The van der Waals surface area contributed by atoms with Gasteiger partial charge in [0.1, 0.15) is 0 Å². The van der Waals surface area contributed by atoms with Crippen LogP contribution in [-0.2, 0) is 14.3 Å². The van der Waals surface area contributed by atoms with Crippen molar-refractivity contribution < 1.29 is 19.4 Å². The lowest BCUT2D eigenvalue weighted by Gasteiger charge is -2.41. The molecule has 0 aromatic heterocycles. The van der Waals surface area contributed by atoms with Gasteiger partial charge in [0.05, 0.1) is 31.9 Å². The third kappa shape index (κ3) is 3.27. The third-order valence-electron chi connectivity index (χ3n) is 5.26. The molecule has 1 saturated carbocycles. The molecule has 3 atom stereocenters. The van der Waals surface area contributed by atoms with E-state index in [1.54, 1.807) is 4.90 Å². The number of piperidine rings is 1. The second-order valence-corrected chi connectivity index (χ2v) is 6.66. The van der Waals surface area contributed by atoms with E-state index in [-0.39, 0.29) is 36.4 Å². The predicted octanol–water partition coefficient (Wildman–Crippen LogP) is 0.387. The second kappa shape index (κ2) is 6.96. The van der Waals surface area contributed by atoms with E-state index in [9.17, 15) is 14.7 Å². The molecule has 0 radical (unpaired) electrons. The summed E-state index contributed by atoms with van der Waals surface area (Å²) >= 11 is 0. The average molecular weight is 310 g/mol. The highest BCUT2D eigenvalue weighted by atomic mass is 16.5. The van der Waals surface area contributed by atoms with Crippen molar-refractivity contribution in [2.24, 2.45) is 5.92 Å². The van der Waals surface area contributed by atoms with E-state index in [4.69, 9.17) is 4.74 Å². The van der Waals surface area contributed by atoms with Crippen molar-refractivity contribution in [3.8, 4) is 0 Å². The Hall–Kier alpha value is -1.14. The summed E-state index contributed by atoms with van der Waals surface area (Å²) in [6.07, 6.45) is 4.90. The summed E-state index contributed by atoms with van der Waals surface area (Å²) in [5.41, 5.74) is 0. The number of aliphatic hydroxyl groups excluding tert-OH is 1.